The Bertz CT molecular complexity index is 562. The predicted octanol–water partition coefficient (Wildman–Crippen LogP) is 1.51. The number of carboxylic acid groups (broad SMARTS) is 1. The van der Waals surface area contributed by atoms with E-state index in [0.717, 1.165) is 6.07 Å². The number of hydrogen-bond acceptors (Lipinski definition) is 2. The highest BCUT2D eigenvalue weighted by Gasteiger charge is 2.31. The normalized spacial score (nSPS) is 18.8. The maximum Gasteiger partial charge on any atom is 0.335 e. The van der Waals surface area contributed by atoms with Gasteiger partial charge in [0.2, 0.25) is 5.91 Å². The van der Waals surface area contributed by atoms with Crippen molar-refractivity contribution in [1.29, 1.82) is 0 Å². The summed E-state index contributed by atoms with van der Waals surface area (Å²) < 4.78 is 13.8. The van der Waals surface area contributed by atoms with Crippen molar-refractivity contribution in [3.05, 3.63) is 29.6 Å². The maximum atomic E-state index is 13.8. The zero-order valence-electron chi connectivity index (χ0n) is 9.39. The van der Waals surface area contributed by atoms with Gasteiger partial charge >= 0.3 is 5.97 Å². The third-order valence-electron chi connectivity index (χ3n) is 2.85. The molecule has 92 valence electrons. The quantitative estimate of drug-likeness (QED) is 0.806. The molecule has 0 radical (unpaired) electrons. The smallest absolute Gasteiger partial charge is 0.335 e. The van der Waals surface area contributed by atoms with Crippen LogP contribution in [0.2, 0.25) is 0 Å². The van der Waals surface area contributed by atoms with E-state index in [4.69, 9.17) is 11.5 Å². The number of benzene rings is 1. The van der Waals surface area contributed by atoms with Crippen molar-refractivity contribution in [3.63, 3.8) is 0 Å². The van der Waals surface area contributed by atoms with Crippen molar-refractivity contribution in [3.8, 4) is 12.3 Å². The van der Waals surface area contributed by atoms with Crippen LogP contribution in [0.4, 0.5) is 10.1 Å². The molecule has 5 heteroatoms. The molecule has 0 aliphatic carbocycles. The molecule has 1 heterocycles. The van der Waals surface area contributed by atoms with E-state index >= 15 is 0 Å². The van der Waals surface area contributed by atoms with Crippen molar-refractivity contribution >= 4 is 17.6 Å². The highest BCUT2D eigenvalue weighted by molar-refractivity contribution is 5.97. The Morgan fingerprint density at radius 3 is 2.78 bits per heavy atom. The fourth-order valence-electron chi connectivity index (χ4n) is 1.91. The van der Waals surface area contributed by atoms with E-state index in [0.29, 0.717) is 0 Å². The summed E-state index contributed by atoms with van der Waals surface area (Å²) in [4.78, 5) is 23.6. The van der Waals surface area contributed by atoms with Gasteiger partial charge in [-0.25, -0.2) is 9.18 Å². The van der Waals surface area contributed by atoms with Gasteiger partial charge in [0.1, 0.15) is 5.82 Å². The lowest BCUT2D eigenvalue weighted by Gasteiger charge is -2.16. The van der Waals surface area contributed by atoms with Gasteiger partial charge in [-0.05, 0) is 18.2 Å². The van der Waals surface area contributed by atoms with E-state index in [1.54, 1.807) is 0 Å². The molecule has 0 bridgehead atoms. The van der Waals surface area contributed by atoms with Crippen molar-refractivity contribution < 1.29 is 19.1 Å². The number of terminal acetylenes is 1. The van der Waals surface area contributed by atoms with Crippen molar-refractivity contribution in [1.82, 2.24) is 0 Å². The average molecular weight is 247 g/mol. The molecule has 1 saturated heterocycles. The van der Waals surface area contributed by atoms with Crippen molar-refractivity contribution in [2.24, 2.45) is 5.92 Å². The van der Waals surface area contributed by atoms with Crippen LogP contribution in [0.15, 0.2) is 18.2 Å². The first-order valence-corrected chi connectivity index (χ1v) is 5.32. The van der Waals surface area contributed by atoms with Crippen LogP contribution >= 0.6 is 0 Å². The van der Waals surface area contributed by atoms with E-state index < -0.39 is 11.8 Å². The molecule has 1 fully saturated rings. The summed E-state index contributed by atoms with van der Waals surface area (Å²) in [7, 11) is 0. The molecule has 1 atom stereocenters. The third kappa shape index (κ3) is 2.05. The number of nitrogens with zero attached hydrogens (tertiary/aromatic N) is 1. The standard InChI is InChI=1S/C13H10FNO3/c1-2-8-5-12(16)15(7-8)11-4-3-9(13(17)18)6-10(11)14/h1,3-4,6,8H,5,7H2,(H,17,18). The number of hydrogen-bond donors (Lipinski definition) is 1. The summed E-state index contributed by atoms with van der Waals surface area (Å²) in [5.41, 5.74) is -0.0841. The minimum atomic E-state index is -1.21. The second kappa shape index (κ2) is 4.49. The monoisotopic (exact) mass is 247 g/mol. The zero-order chi connectivity index (χ0) is 13.3. The van der Waals surface area contributed by atoms with Crippen LogP contribution in [0.3, 0.4) is 0 Å². The summed E-state index contributed by atoms with van der Waals surface area (Å²) in [6.45, 7) is 0.263. The van der Waals surface area contributed by atoms with Crippen LogP contribution in [0, 0.1) is 24.1 Å². The zero-order valence-corrected chi connectivity index (χ0v) is 9.39. The Hall–Kier alpha value is -2.35. The molecular formula is C13H10FNO3. The Labute approximate surface area is 103 Å². The van der Waals surface area contributed by atoms with Gasteiger partial charge in [0.05, 0.1) is 11.3 Å². The summed E-state index contributed by atoms with van der Waals surface area (Å²) in [5.74, 6) is 0.0396. The number of carboxylic acids is 1. The lowest BCUT2D eigenvalue weighted by atomic mass is 10.1. The highest BCUT2D eigenvalue weighted by atomic mass is 19.1. The second-order valence-electron chi connectivity index (χ2n) is 4.04. The van der Waals surface area contributed by atoms with E-state index in [9.17, 15) is 14.0 Å². The molecule has 1 aliphatic heterocycles. The van der Waals surface area contributed by atoms with Crippen LogP contribution in [-0.4, -0.2) is 23.5 Å². The third-order valence-corrected chi connectivity index (χ3v) is 2.85. The molecular weight excluding hydrogens is 237 g/mol. The number of halogens is 1. The fraction of sp³-hybridized carbons (Fsp3) is 0.231. The van der Waals surface area contributed by atoms with Crippen LogP contribution < -0.4 is 4.90 Å². The Morgan fingerprint density at radius 1 is 1.56 bits per heavy atom. The van der Waals surface area contributed by atoms with Gasteiger partial charge in [0, 0.05) is 18.9 Å². The van der Waals surface area contributed by atoms with Crippen LogP contribution in [0.1, 0.15) is 16.8 Å². The van der Waals surface area contributed by atoms with Gasteiger partial charge in [-0.2, -0.15) is 0 Å². The first-order chi connectivity index (χ1) is 8.52. The first kappa shape index (κ1) is 12.1. The first-order valence-electron chi connectivity index (χ1n) is 5.32. The summed E-state index contributed by atoms with van der Waals surface area (Å²) in [6, 6.07) is 3.45. The second-order valence-corrected chi connectivity index (χ2v) is 4.04. The number of anilines is 1. The van der Waals surface area contributed by atoms with E-state index in [1.807, 2.05) is 0 Å². The van der Waals surface area contributed by atoms with E-state index in [-0.39, 0.29) is 36.0 Å². The minimum absolute atomic E-state index is 0.0720. The molecule has 2 rings (SSSR count). The lowest BCUT2D eigenvalue weighted by molar-refractivity contribution is -0.117. The SMILES string of the molecule is C#CC1CC(=O)N(c2ccc(C(=O)O)cc2F)C1. The Kier molecular flexibility index (Phi) is 3.02. The Balaban J connectivity index is 2.33. The molecule has 4 nitrogen and oxygen atoms in total. The number of carbonyl (C=O) groups excluding carboxylic acids is 1. The van der Waals surface area contributed by atoms with E-state index in [2.05, 4.69) is 5.92 Å². The fourth-order valence-corrected chi connectivity index (χ4v) is 1.91. The minimum Gasteiger partial charge on any atom is -0.478 e. The van der Waals surface area contributed by atoms with E-state index in [1.165, 1.54) is 17.0 Å². The highest BCUT2D eigenvalue weighted by Crippen LogP contribution is 2.27. The average Bonchev–Trinajstić information content (AvgIpc) is 2.70. The summed E-state index contributed by atoms with van der Waals surface area (Å²) in [5, 5.41) is 8.72. The van der Waals surface area contributed by atoms with Crippen LogP contribution in [0.25, 0.3) is 0 Å². The van der Waals surface area contributed by atoms with Gasteiger partial charge in [-0.1, -0.05) is 0 Å². The van der Waals surface area contributed by atoms with Crippen LogP contribution in [-0.2, 0) is 4.79 Å². The molecule has 1 aromatic carbocycles. The van der Waals surface area contributed by atoms with Gasteiger partial charge in [-0.15, -0.1) is 12.3 Å². The van der Waals surface area contributed by atoms with Gasteiger partial charge in [0.15, 0.2) is 0 Å². The van der Waals surface area contributed by atoms with Crippen LogP contribution in [0.5, 0.6) is 0 Å². The molecule has 18 heavy (non-hydrogen) atoms. The predicted molar refractivity (Wildman–Crippen MR) is 62.7 cm³/mol. The molecule has 0 saturated carbocycles. The van der Waals surface area contributed by atoms with Gasteiger partial charge in [0.25, 0.3) is 0 Å². The molecule has 1 aliphatic rings. The number of rotatable bonds is 2. The molecule has 1 aromatic rings. The number of amides is 1. The number of carbonyl (C=O) groups is 2. The molecule has 1 N–H and O–H groups in total. The van der Waals surface area contributed by atoms with Crippen molar-refractivity contribution in [2.45, 2.75) is 6.42 Å². The largest absolute Gasteiger partial charge is 0.478 e. The molecule has 0 aromatic heterocycles. The number of aromatic carboxylic acids is 1. The molecule has 1 amide bonds. The van der Waals surface area contributed by atoms with Gasteiger partial charge in [-0.3, -0.25) is 4.79 Å². The topological polar surface area (TPSA) is 57.6 Å². The molecule has 1 unspecified atom stereocenters. The maximum absolute atomic E-state index is 13.8. The lowest BCUT2D eigenvalue weighted by Crippen LogP contribution is -2.25. The van der Waals surface area contributed by atoms with Gasteiger partial charge < -0.3 is 10.0 Å². The summed E-state index contributed by atoms with van der Waals surface area (Å²) in [6.07, 6.45) is 5.43. The van der Waals surface area contributed by atoms with Crippen molar-refractivity contribution in [2.75, 3.05) is 11.4 Å². The summed E-state index contributed by atoms with van der Waals surface area (Å²) >= 11 is 0. The Morgan fingerprint density at radius 2 is 2.28 bits per heavy atom. The molecule has 0 spiro atoms.